The molecule has 0 radical (unpaired) electrons. The van der Waals surface area contributed by atoms with Gasteiger partial charge in [-0.25, -0.2) is 8.42 Å². The van der Waals surface area contributed by atoms with Crippen LogP contribution in [0.3, 0.4) is 0 Å². The number of nitrogens with two attached hydrogens (primary N) is 1. The fourth-order valence-electron chi connectivity index (χ4n) is 1.28. The topological polar surface area (TPSA) is 63.4 Å². The van der Waals surface area contributed by atoms with Gasteiger partial charge in [0.25, 0.3) is 0 Å². The van der Waals surface area contributed by atoms with Crippen LogP contribution in [0.5, 0.6) is 0 Å². The van der Waals surface area contributed by atoms with Crippen molar-refractivity contribution in [2.24, 2.45) is 5.73 Å². The van der Waals surface area contributed by atoms with Crippen molar-refractivity contribution in [1.29, 1.82) is 0 Å². The first kappa shape index (κ1) is 10.9. The van der Waals surface area contributed by atoms with Crippen LogP contribution < -0.4 is 5.73 Å². The van der Waals surface area contributed by atoms with Crippen LogP contribution >= 0.6 is 0 Å². The molecule has 0 aromatic heterocycles. The summed E-state index contributed by atoms with van der Waals surface area (Å²) in [5.74, 6) is 0.261. The Morgan fingerprint density at radius 3 is 2.38 bits per heavy atom. The van der Waals surface area contributed by atoms with Crippen molar-refractivity contribution in [1.82, 2.24) is 4.90 Å². The molecule has 0 saturated carbocycles. The minimum Gasteiger partial charge on any atom is -0.325 e. The van der Waals surface area contributed by atoms with E-state index < -0.39 is 9.84 Å². The summed E-state index contributed by atoms with van der Waals surface area (Å²) in [5, 5.41) is -0.262. The van der Waals surface area contributed by atoms with Crippen LogP contribution in [-0.4, -0.2) is 50.0 Å². The molecule has 0 spiro atoms. The molecule has 1 heterocycles. The highest BCUT2D eigenvalue weighted by molar-refractivity contribution is 7.92. The van der Waals surface area contributed by atoms with Crippen molar-refractivity contribution < 1.29 is 8.42 Å². The summed E-state index contributed by atoms with van der Waals surface area (Å²) in [6.45, 7) is 5.75. The molecule has 1 aliphatic rings. The van der Waals surface area contributed by atoms with Crippen LogP contribution in [0.1, 0.15) is 13.8 Å². The van der Waals surface area contributed by atoms with Crippen LogP contribution in [0.2, 0.25) is 0 Å². The van der Waals surface area contributed by atoms with Crippen molar-refractivity contribution >= 4 is 9.84 Å². The van der Waals surface area contributed by atoms with Gasteiger partial charge in [-0.2, -0.15) is 0 Å². The second kappa shape index (κ2) is 3.94. The minimum absolute atomic E-state index is 0.252. The van der Waals surface area contributed by atoms with Gasteiger partial charge in [-0.05, 0) is 13.8 Å². The maximum absolute atomic E-state index is 11.4. The molecular weight excluding hydrogens is 188 g/mol. The highest BCUT2D eigenvalue weighted by atomic mass is 32.2. The summed E-state index contributed by atoms with van der Waals surface area (Å²) in [5.41, 5.74) is 5.58. The molecule has 0 unspecified atom stereocenters. The number of likely N-dealkylation sites (tertiary alicyclic amines) is 1. The highest BCUT2D eigenvalue weighted by Gasteiger charge is 2.25. The number of hydrogen-bond donors (Lipinski definition) is 1. The van der Waals surface area contributed by atoms with E-state index in [1.807, 2.05) is 0 Å². The number of nitrogens with zero attached hydrogens (tertiary/aromatic N) is 1. The third-order valence-corrected chi connectivity index (χ3v) is 4.58. The van der Waals surface area contributed by atoms with Gasteiger partial charge in [-0.3, -0.25) is 4.90 Å². The number of hydrogen-bond acceptors (Lipinski definition) is 4. The highest BCUT2D eigenvalue weighted by Crippen LogP contribution is 2.07. The molecule has 1 aliphatic heterocycles. The maximum Gasteiger partial charge on any atom is 0.153 e. The molecule has 1 saturated heterocycles. The first-order chi connectivity index (χ1) is 5.92. The van der Waals surface area contributed by atoms with E-state index in [0.29, 0.717) is 6.54 Å². The zero-order valence-corrected chi connectivity index (χ0v) is 9.05. The Labute approximate surface area is 80.0 Å². The van der Waals surface area contributed by atoms with Gasteiger partial charge < -0.3 is 5.73 Å². The van der Waals surface area contributed by atoms with E-state index in [1.54, 1.807) is 13.8 Å². The Bertz CT molecular complexity index is 255. The van der Waals surface area contributed by atoms with Crippen molar-refractivity contribution in [3.63, 3.8) is 0 Å². The van der Waals surface area contributed by atoms with Crippen LogP contribution in [0, 0.1) is 0 Å². The van der Waals surface area contributed by atoms with E-state index in [2.05, 4.69) is 4.90 Å². The number of sulfone groups is 1. The molecule has 0 aromatic carbocycles. The predicted molar refractivity (Wildman–Crippen MR) is 53.3 cm³/mol. The molecule has 78 valence electrons. The summed E-state index contributed by atoms with van der Waals surface area (Å²) in [6.07, 6.45) is 0. The molecule has 0 atom stereocenters. The van der Waals surface area contributed by atoms with Gasteiger partial charge in [0.15, 0.2) is 9.84 Å². The second-order valence-corrected chi connectivity index (χ2v) is 6.61. The van der Waals surface area contributed by atoms with Crippen LogP contribution in [-0.2, 0) is 9.84 Å². The maximum atomic E-state index is 11.4. The monoisotopic (exact) mass is 206 g/mol. The van der Waals surface area contributed by atoms with E-state index in [9.17, 15) is 8.42 Å². The van der Waals surface area contributed by atoms with Crippen LogP contribution in [0.15, 0.2) is 0 Å². The van der Waals surface area contributed by atoms with Gasteiger partial charge in [0, 0.05) is 25.7 Å². The molecule has 1 rings (SSSR count). The van der Waals surface area contributed by atoms with Gasteiger partial charge in [0.1, 0.15) is 0 Å². The lowest BCUT2D eigenvalue weighted by molar-refractivity contribution is 0.161. The zero-order chi connectivity index (χ0) is 10.1. The first-order valence-corrected chi connectivity index (χ1v) is 6.33. The normalized spacial score (nSPS) is 20.6. The molecule has 4 nitrogen and oxygen atoms in total. The third kappa shape index (κ3) is 2.93. The third-order valence-electron chi connectivity index (χ3n) is 2.40. The first-order valence-electron chi connectivity index (χ1n) is 4.61. The van der Waals surface area contributed by atoms with Gasteiger partial charge in [-0.1, -0.05) is 0 Å². The van der Waals surface area contributed by atoms with E-state index in [-0.39, 0.29) is 17.0 Å². The van der Waals surface area contributed by atoms with Crippen LogP contribution in [0.25, 0.3) is 0 Å². The van der Waals surface area contributed by atoms with Gasteiger partial charge in [-0.15, -0.1) is 0 Å². The Kier molecular flexibility index (Phi) is 3.32. The van der Waals surface area contributed by atoms with Gasteiger partial charge in [0.05, 0.1) is 11.0 Å². The Hall–Kier alpha value is -0.130. The average Bonchev–Trinajstić information content (AvgIpc) is 1.95. The Morgan fingerprint density at radius 1 is 1.46 bits per heavy atom. The standard InChI is InChI=1S/C8H18N2O2S/c1-7(2)13(11,12)4-3-10-5-8(9)6-10/h7-8H,3-6,9H2,1-2H3. The molecule has 0 amide bonds. The largest absolute Gasteiger partial charge is 0.325 e. The van der Waals surface area contributed by atoms with Gasteiger partial charge in [0.2, 0.25) is 0 Å². The SMILES string of the molecule is CC(C)S(=O)(=O)CCN1CC(N)C1. The summed E-state index contributed by atoms with van der Waals surface area (Å²) >= 11 is 0. The lowest BCUT2D eigenvalue weighted by Gasteiger charge is -2.36. The van der Waals surface area contributed by atoms with Crippen molar-refractivity contribution in [3.05, 3.63) is 0 Å². The van der Waals surface area contributed by atoms with E-state index in [1.165, 1.54) is 0 Å². The Balaban J connectivity index is 2.27. The smallest absolute Gasteiger partial charge is 0.153 e. The molecule has 0 aromatic rings. The Morgan fingerprint density at radius 2 is 2.00 bits per heavy atom. The van der Waals surface area contributed by atoms with E-state index >= 15 is 0 Å². The number of rotatable bonds is 4. The summed E-state index contributed by atoms with van der Waals surface area (Å²) in [7, 11) is -2.87. The second-order valence-electron chi connectivity index (χ2n) is 3.94. The van der Waals surface area contributed by atoms with Crippen LogP contribution in [0.4, 0.5) is 0 Å². The zero-order valence-electron chi connectivity index (χ0n) is 8.23. The molecular formula is C8H18N2O2S. The molecule has 13 heavy (non-hydrogen) atoms. The minimum atomic E-state index is -2.87. The van der Waals surface area contributed by atoms with Crippen molar-refractivity contribution in [2.75, 3.05) is 25.4 Å². The molecule has 1 fully saturated rings. The lowest BCUT2D eigenvalue weighted by Crippen LogP contribution is -2.56. The fourth-order valence-corrected chi connectivity index (χ4v) is 2.27. The lowest BCUT2D eigenvalue weighted by atomic mass is 10.1. The van der Waals surface area contributed by atoms with Crippen molar-refractivity contribution in [3.8, 4) is 0 Å². The fraction of sp³-hybridized carbons (Fsp3) is 1.00. The summed E-state index contributed by atoms with van der Waals surface area (Å²) in [6, 6.07) is 0.252. The summed E-state index contributed by atoms with van der Waals surface area (Å²) in [4.78, 5) is 2.07. The molecule has 5 heteroatoms. The summed E-state index contributed by atoms with van der Waals surface area (Å²) < 4.78 is 22.8. The van der Waals surface area contributed by atoms with E-state index in [4.69, 9.17) is 5.73 Å². The quantitative estimate of drug-likeness (QED) is 0.670. The van der Waals surface area contributed by atoms with Crippen molar-refractivity contribution in [2.45, 2.75) is 25.1 Å². The van der Waals surface area contributed by atoms with Gasteiger partial charge >= 0.3 is 0 Å². The predicted octanol–water partition coefficient (Wildman–Crippen LogP) is -0.547. The molecule has 0 bridgehead atoms. The average molecular weight is 206 g/mol. The van der Waals surface area contributed by atoms with E-state index in [0.717, 1.165) is 13.1 Å². The molecule has 0 aliphatic carbocycles. The molecule has 2 N–H and O–H groups in total.